The van der Waals surface area contributed by atoms with Gasteiger partial charge in [-0.15, -0.1) is 0 Å². The highest BCUT2D eigenvalue weighted by Gasteiger charge is 2.12. The molecule has 0 saturated heterocycles. The van der Waals surface area contributed by atoms with E-state index in [0.717, 1.165) is 11.0 Å². The molecule has 2 aromatic heterocycles. The summed E-state index contributed by atoms with van der Waals surface area (Å²) in [6.45, 7) is 0.275. The maximum Gasteiger partial charge on any atom is 0.203 e. The molecular formula is C16H17FN4O2. The molecule has 3 rings (SSSR count). The molecule has 7 heteroatoms. The van der Waals surface area contributed by atoms with Crippen LogP contribution in [-0.2, 0) is 13.6 Å². The second kappa shape index (κ2) is 6.12. The molecule has 2 heterocycles. The van der Waals surface area contributed by atoms with E-state index in [2.05, 4.69) is 15.3 Å². The van der Waals surface area contributed by atoms with Crippen LogP contribution in [0.4, 0.5) is 10.3 Å². The second-order valence-electron chi connectivity index (χ2n) is 5.01. The van der Waals surface area contributed by atoms with Gasteiger partial charge in [-0.05, 0) is 12.1 Å². The van der Waals surface area contributed by atoms with Crippen LogP contribution >= 0.6 is 0 Å². The van der Waals surface area contributed by atoms with Crippen molar-refractivity contribution < 1.29 is 13.9 Å². The lowest BCUT2D eigenvalue weighted by molar-refractivity contribution is 0.351. The number of aromatic nitrogens is 3. The molecule has 0 aliphatic rings. The van der Waals surface area contributed by atoms with Gasteiger partial charge in [0.15, 0.2) is 11.5 Å². The summed E-state index contributed by atoms with van der Waals surface area (Å²) in [6, 6.07) is 4.76. The Morgan fingerprint density at radius 2 is 1.96 bits per heavy atom. The molecule has 0 aliphatic heterocycles. The van der Waals surface area contributed by atoms with E-state index in [0.29, 0.717) is 23.0 Å². The molecule has 0 amide bonds. The third-order valence-electron chi connectivity index (χ3n) is 3.67. The molecule has 1 N–H and O–H groups in total. The highest BCUT2D eigenvalue weighted by Crippen LogP contribution is 2.30. The first-order chi connectivity index (χ1) is 11.1. The number of aryl methyl sites for hydroxylation is 1. The summed E-state index contributed by atoms with van der Waals surface area (Å²) in [5.74, 6) is 1.13. The van der Waals surface area contributed by atoms with Crippen LogP contribution in [0.15, 0.2) is 30.6 Å². The Kier molecular flexibility index (Phi) is 4.01. The number of hydrogen-bond acceptors (Lipinski definition) is 5. The minimum absolute atomic E-state index is 0.275. The SMILES string of the molecule is COc1cc(F)c(CNc2nc3ccncc3n2C)cc1OC. The predicted molar refractivity (Wildman–Crippen MR) is 85.3 cm³/mol. The zero-order valence-electron chi connectivity index (χ0n) is 13.1. The number of pyridine rings is 1. The van der Waals surface area contributed by atoms with E-state index in [1.807, 2.05) is 17.7 Å². The molecule has 23 heavy (non-hydrogen) atoms. The lowest BCUT2D eigenvalue weighted by Crippen LogP contribution is -2.07. The van der Waals surface area contributed by atoms with E-state index in [9.17, 15) is 4.39 Å². The first kappa shape index (κ1) is 15.1. The number of fused-ring (bicyclic) bond motifs is 1. The van der Waals surface area contributed by atoms with Crippen molar-refractivity contribution in [3.05, 3.63) is 42.0 Å². The number of rotatable bonds is 5. The van der Waals surface area contributed by atoms with Gasteiger partial charge in [-0.2, -0.15) is 0 Å². The topological polar surface area (TPSA) is 61.2 Å². The predicted octanol–water partition coefficient (Wildman–Crippen LogP) is 2.74. The Morgan fingerprint density at radius 3 is 2.65 bits per heavy atom. The number of hydrogen-bond donors (Lipinski definition) is 1. The van der Waals surface area contributed by atoms with Crippen LogP contribution in [0.1, 0.15) is 5.56 Å². The first-order valence-corrected chi connectivity index (χ1v) is 7.04. The number of anilines is 1. The van der Waals surface area contributed by atoms with Crippen molar-refractivity contribution in [1.29, 1.82) is 0 Å². The summed E-state index contributed by atoms with van der Waals surface area (Å²) < 4.78 is 26.3. The quantitative estimate of drug-likeness (QED) is 0.784. The number of methoxy groups -OCH3 is 2. The van der Waals surface area contributed by atoms with Crippen LogP contribution in [0.2, 0.25) is 0 Å². The molecule has 0 saturated carbocycles. The van der Waals surface area contributed by atoms with Crippen molar-refractivity contribution in [2.45, 2.75) is 6.54 Å². The second-order valence-corrected chi connectivity index (χ2v) is 5.01. The van der Waals surface area contributed by atoms with Gasteiger partial charge in [0.25, 0.3) is 0 Å². The van der Waals surface area contributed by atoms with Crippen molar-refractivity contribution >= 4 is 17.0 Å². The van der Waals surface area contributed by atoms with E-state index in [-0.39, 0.29) is 12.4 Å². The summed E-state index contributed by atoms with van der Waals surface area (Å²) in [5.41, 5.74) is 2.20. The van der Waals surface area contributed by atoms with E-state index >= 15 is 0 Å². The van der Waals surface area contributed by atoms with Gasteiger partial charge in [0, 0.05) is 31.4 Å². The van der Waals surface area contributed by atoms with E-state index in [4.69, 9.17) is 9.47 Å². The molecule has 0 atom stereocenters. The largest absolute Gasteiger partial charge is 0.493 e. The van der Waals surface area contributed by atoms with Crippen molar-refractivity contribution in [1.82, 2.24) is 14.5 Å². The maximum atomic E-state index is 14.1. The number of nitrogens with zero attached hydrogens (tertiary/aromatic N) is 3. The summed E-state index contributed by atoms with van der Waals surface area (Å²) in [5, 5.41) is 3.14. The zero-order chi connectivity index (χ0) is 16.4. The Labute approximate surface area is 132 Å². The van der Waals surface area contributed by atoms with Crippen molar-refractivity contribution in [3.63, 3.8) is 0 Å². The van der Waals surface area contributed by atoms with Crippen LogP contribution < -0.4 is 14.8 Å². The highest BCUT2D eigenvalue weighted by molar-refractivity contribution is 5.77. The third-order valence-corrected chi connectivity index (χ3v) is 3.67. The average molecular weight is 316 g/mol. The third kappa shape index (κ3) is 2.77. The highest BCUT2D eigenvalue weighted by atomic mass is 19.1. The Balaban J connectivity index is 1.86. The fraction of sp³-hybridized carbons (Fsp3) is 0.250. The molecule has 3 aromatic rings. The van der Waals surface area contributed by atoms with Crippen LogP contribution in [0.25, 0.3) is 11.0 Å². The molecule has 0 spiro atoms. The van der Waals surface area contributed by atoms with Gasteiger partial charge < -0.3 is 19.4 Å². The molecule has 0 aliphatic carbocycles. The molecule has 120 valence electrons. The van der Waals surface area contributed by atoms with Gasteiger partial charge >= 0.3 is 0 Å². The van der Waals surface area contributed by atoms with Gasteiger partial charge in [-0.25, -0.2) is 9.37 Å². The van der Waals surface area contributed by atoms with E-state index in [1.165, 1.54) is 20.3 Å². The summed E-state index contributed by atoms with van der Waals surface area (Å²) in [6.07, 6.45) is 3.43. The molecule has 0 unspecified atom stereocenters. The molecule has 0 radical (unpaired) electrons. The minimum atomic E-state index is -0.365. The lowest BCUT2D eigenvalue weighted by Gasteiger charge is -2.12. The van der Waals surface area contributed by atoms with Gasteiger partial charge in [0.1, 0.15) is 5.82 Å². The first-order valence-electron chi connectivity index (χ1n) is 7.04. The maximum absolute atomic E-state index is 14.1. The fourth-order valence-corrected chi connectivity index (χ4v) is 2.40. The fourth-order valence-electron chi connectivity index (χ4n) is 2.40. The molecule has 0 bridgehead atoms. The monoisotopic (exact) mass is 316 g/mol. The number of halogens is 1. The van der Waals surface area contributed by atoms with Crippen LogP contribution in [0, 0.1) is 5.82 Å². The average Bonchev–Trinajstić information content (AvgIpc) is 2.90. The van der Waals surface area contributed by atoms with E-state index < -0.39 is 0 Å². The Hall–Kier alpha value is -2.83. The molecular weight excluding hydrogens is 299 g/mol. The van der Waals surface area contributed by atoms with Crippen LogP contribution in [-0.4, -0.2) is 28.8 Å². The van der Waals surface area contributed by atoms with Gasteiger partial charge in [0.2, 0.25) is 5.95 Å². The number of imidazole rings is 1. The number of nitrogens with one attached hydrogen (secondary N) is 1. The molecule has 1 aromatic carbocycles. The zero-order valence-corrected chi connectivity index (χ0v) is 13.1. The van der Waals surface area contributed by atoms with Crippen molar-refractivity contribution in [2.24, 2.45) is 7.05 Å². The Morgan fingerprint density at radius 1 is 1.22 bits per heavy atom. The van der Waals surface area contributed by atoms with Crippen LogP contribution in [0.5, 0.6) is 11.5 Å². The van der Waals surface area contributed by atoms with Crippen molar-refractivity contribution in [2.75, 3.05) is 19.5 Å². The van der Waals surface area contributed by atoms with E-state index in [1.54, 1.807) is 18.5 Å². The minimum Gasteiger partial charge on any atom is -0.493 e. The number of benzene rings is 1. The summed E-state index contributed by atoms with van der Waals surface area (Å²) in [7, 11) is 4.87. The standard InChI is InChI=1S/C16H17FN4O2/c1-21-13-9-18-5-4-12(13)20-16(21)19-8-10-6-14(22-2)15(23-3)7-11(10)17/h4-7,9H,8H2,1-3H3,(H,19,20). The molecule has 6 nitrogen and oxygen atoms in total. The van der Waals surface area contributed by atoms with Crippen LogP contribution in [0.3, 0.4) is 0 Å². The van der Waals surface area contributed by atoms with Gasteiger partial charge in [-0.3, -0.25) is 4.98 Å². The normalized spacial score (nSPS) is 10.8. The van der Waals surface area contributed by atoms with Gasteiger partial charge in [0.05, 0.1) is 31.4 Å². The smallest absolute Gasteiger partial charge is 0.203 e. The lowest BCUT2D eigenvalue weighted by atomic mass is 10.2. The number of ether oxygens (including phenoxy) is 2. The summed E-state index contributed by atoms with van der Waals surface area (Å²) >= 11 is 0. The summed E-state index contributed by atoms with van der Waals surface area (Å²) in [4.78, 5) is 8.55. The Bertz CT molecular complexity index is 847. The van der Waals surface area contributed by atoms with Gasteiger partial charge in [-0.1, -0.05) is 0 Å². The van der Waals surface area contributed by atoms with Crippen molar-refractivity contribution in [3.8, 4) is 11.5 Å². The molecule has 0 fully saturated rings.